The third kappa shape index (κ3) is 5.32. The zero-order valence-electron chi connectivity index (χ0n) is 16.9. The Bertz CT molecular complexity index is 636. The van der Waals surface area contributed by atoms with Crippen molar-refractivity contribution in [2.45, 2.75) is 38.7 Å². The molecule has 6 heteroatoms. The van der Waals surface area contributed by atoms with Gasteiger partial charge >= 0.3 is 0 Å². The van der Waals surface area contributed by atoms with E-state index in [1.807, 2.05) is 23.1 Å². The van der Waals surface area contributed by atoms with E-state index in [2.05, 4.69) is 11.8 Å². The van der Waals surface area contributed by atoms with Gasteiger partial charge in [0, 0.05) is 45.7 Å². The third-order valence-corrected chi connectivity index (χ3v) is 6.21. The molecular weight excluding hydrogens is 354 g/mol. The second kappa shape index (κ2) is 10.0. The van der Waals surface area contributed by atoms with Crippen LogP contribution >= 0.6 is 0 Å². The van der Waals surface area contributed by atoms with Gasteiger partial charge < -0.3 is 19.8 Å². The molecule has 0 bridgehead atoms. The molecule has 2 aliphatic rings. The van der Waals surface area contributed by atoms with Crippen molar-refractivity contribution in [3.8, 4) is 0 Å². The van der Waals surface area contributed by atoms with E-state index in [-0.39, 0.29) is 11.8 Å². The van der Waals surface area contributed by atoms with E-state index in [9.17, 15) is 14.7 Å². The number of amides is 2. The van der Waals surface area contributed by atoms with Gasteiger partial charge in [-0.2, -0.15) is 0 Å². The second-order valence-electron chi connectivity index (χ2n) is 7.94. The van der Waals surface area contributed by atoms with Gasteiger partial charge in [0.2, 0.25) is 5.91 Å². The summed E-state index contributed by atoms with van der Waals surface area (Å²) in [5.41, 5.74) is 0.642. The van der Waals surface area contributed by atoms with Crippen molar-refractivity contribution in [3.05, 3.63) is 35.9 Å². The van der Waals surface area contributed by atoms with Gasteiger partial charge in [0.1, 0.15) is 0 Å². The molecule has 0 aromatic heterocycles. The number of hydrogen-bond donors (Lipinski definition) is 1. The Kier molecular flexibility index (Phi) is 7.45. The van der Waals surface area contributed by atoms with Gasteiger partial charge in [-0.15, -0.1) is 0 Å². The maximum atomic E-state index is 12.5. The molecule has 2 amide bonds. The molecule has 3 rings (SSSR count). The molecule has 2 fully saturated rings. The van der Waals surface area contributed by atoms with E-state index in [1.165, 1.54) is 0 Å². The molecule has 28 heavy (non-hydrogen) atoms. The van der Waals surface area contributed by atoms with Gasteiger partial charge in [0.25, 0.3) is 5.91 Å². The maximum Gasteiger partial charge on any atom is 0.256 e. The number of likely N-dealkylation sites (tertiary alicyclic amines) is 1. The third-order valence-electron chi connectivity index (χ3n) is 6.21. The van der Waals surface area contributed by atoms with Crippen molar-refractivity contribution >= 4 is 11.8 Å². The first kappa shape index (κ1) is 20.8. The van der Waals surface area contributed by atoms with Crippen LogP contribution in [-0.2, 0) is 9.59 Å². The van der Waals surface area contributed by atoms with E-state index >= 15 is 0 Å². The molecule has 2 heterocycles. The van der Waals surface area contributed by atoms with Crippen molar-refractivity contribution in [1.82, 2.24) is 14.7 Å². The van der Waals surface area contributed by atoms with Gasteiger partial charge in [0.05, 0.1) is 0 Å². The molecular formula is C22H33N3O3. The van der Waals surface area contributed by atoms with Crippen LogP contribution in [-0.4, -0.2) is 77.4 Å². The summed E-state index contributed by atoms with van der Waals surface area (Å²) >= 11 is 0. The average Bonchev–Trinajstić information content (AvgIpc) is 2.77. The summed E-state index contributed by atoms with van der Waals surface area (Å²) in [5, 5.41) is 10.3. The molecule has 154 valence electrons. The Morgan fingerprint density at radius 3 is 2.25 bits per heavy atom. The summed E-state index contributed by atoms with van der Waals surface area (Å²) in [6.07, 6.45) is 2.24. The van der Waals surface area contributed by atoms with Gasteiger partial charge in [-0.1, -0.05) is 37.3 Å². The van der Waals surface area contributed by atoms with Gasteiger partial charge in [-0.05, 0) is 37.3 Å². The fraction of sp³-hybridized carbons (Fsp3) is 0.636. The summed E-state index contributed by atoms with van der Waals surface area (Å²) in [7, 11) is 0. The zero-order chi connectivity index (χ0) is 19.9. The number of nitrogens with zero attached hydrogens (tertiary/aromatic N) is 3. The Morgan fingerprint density at radius 2 is 1.64 bits per heavy atom. The SMILES string of the molecule is CCN1CCN(C(=O)CCC2CCN(C(=O)[C@H](O)c3ccccc3)CC2)CC1. The minimum atomic E-state index is -1.08. The van der Waals surface area contributed by atoms with Crippen LogP contribution in [0.25, 0.3) is 0 Å². The molecule has 0 saturated carbocycles. The number of benzene rings is 1. The summed E-state index contributed by atoms with van der Waals surface area (Å²) in [6, 6.07) is 9.09. The van der Waals surface area contributed by atoms with Crippen LogP contribution in [0.2, 0.25) is 0 Å². The topological polar surface area (TPSA) is 64.1 Å². The lowest BCUT2D eigenvalue weighted by atomic mass is 9.91. The van der Waals surface area contributed by atoms with E-state index in [0.29, 0.717) is 31.0 Å². The van der Waals surface area contributed by atoms with Crippen LogP contribution in [0.15, 0.2) is 30.3 Å². The molecule has 1 atom stereocenters. The molecule has 2 saturated heterocycles. The number of aliphatic hydroxyl groups excluding tert-OH is 1. The second-order valence-corrected chi connectivity index (χ2v) is 7.94. The zero-order valence-corrected chi connectivity index (χ0v) is 16.9. The minimum absolute atomic E-state index is 0.213. The number of likely N-dealkylation sites (N-methyl/N-ethyl adjacent to an activating group) is 1. The first-order valence-electron chi connectivity index (χ1n) is 10.6. The minimum Gasteiger partial charge on any atom is -0.378 e. The highest BCUT2D eigenvalue weighted by Gasteiger charge is 2.28. The lowest BCUT2D eigenvalue weighted by Crippen LogP contribution is -2.48. The van der Waals surface area contributed by atoms with Crippen molar-refractivity contribution in [2.24, 2.45) is 5.92 Å². The number of piperazine rings is 1. The molecule has 2 aliphatic heterocycles. The fourth-order valence-electron chi connectivity index (χ4n) is 4.19. The number of piperidine rings is 1. The highest BCUT2D eigenvalue weighted by Crippen LogP contribution is 2.25. The van der Waals surface area contributed by atoms with Gasteiger partial charge in [0.15, 0.2) is 6.10 Å². The molecule has 0 spiro atoms. The molecule has 1 aromatic carbocycles. The molecule has 1 N–H and O–H groups in total. The van der Waals surface area contributed by atoms with E-state index in [0.717, 1.165) is 52.0 Å². The predicted octanol–water partition coefficient (Wildman–Crippen LogP) is 1.90. The van der Waals surface area contributed by atoms with E-state index in [1.54, 1.807) is 17.0 Å². The first-order chi connectivity index (χ1) is 13.6. The first-order valence-corrected chi connectivity index (χ1v) is 10.6. The molecule has 1 aromatic rings. The van der Waals surface area contributed by atoms with E-state index in [4.69, 9.17) is 0 Å². The van der Waals surface area contributed by atoms with E-state index < -0.39 is 6.10 Å². The van der Waals surface area contributed by atoms with Crippen LogP contribution < -0.4 is 0 Å². The van der Waals surface area contributed by atoms with Crippen LogP contribution in [0.4, 0.5) is 0 Å². The number of carbonyl (C=O) groups excluding carboxylic acids is 2. The number of aliphatic hydroxyl groups is 1. The van der Waals surface area contributed by atoms with Crippen molar-refractivity contribution in [1.29, 1.82) is 0 Å². The van der Waals surface area contributed by atoms with Crippen LogP contribution in [0, 0.1) is 5.92 Å². The monoisotopic (exact) mass is 387 g/mol. The van der Waals surface area contributed by atoms with Crippen molar-refractivity contribution in [3.63, 3.8) is 0 Å². The Morgan fingerprint density at radius 1 is 1.00 bits per heavy atom. The summed E-state index contributed by atoms with van der Waals surface area (Å²) < 4.78 is 0. The maximum absolute atomic E-state index is 12.5. The fourth-order valence-corrected chi connectivity index (χ4v) is 4.19. The highest BCUT2D eigenvalue weighted by atomic mass is 16.3. The number of hydrogen-bond acceptors (Lipinski definition) is 4. The summed E-state index contributed by atoms with van der Waals surface area (Å²) in [5.74, 6) is 0.544. The molecule has 0 aliphatic carbocycles. The molecule has 0 radical (unpaired) electrons. The standard InChI is InChI=1S/C22H33N3O3/c1-2-23-14-16-24(17-15-23)20(26)9-8-18-10-12-25(13-11-18)22(28)21(27)19-6-4-3-5-7-19/h3-7,18,21,27H,2,8-17H2,1H3/t21-/m1/s1. The van der Waals surface area contributed by atoms with Crippen LogP contribution in [0.3, 0.4) is 0 Å². The average molecular weight is 388 g/mol. The molecule has 0 unspecified atom stereocenters. The quantitative estimate of drug-likeness (QED) is 0.810. The van der Waals surface area contributed by atoms with Crippen LogP contribution in [0.1, 0.15) is 44.3 Å². The number of rotatable bonds is 6. The Hall–Kier alpha value is -1.92. The van der Waals surface area contributed by atoms with Crippen molar-refractivity contribution in [2.75, 3.05) is 45.8 Å². The summed E-state index contributed by atoms with van der Waals surface area (Å²) in [6.45, 7) is 8.19. The predicted molar refractivity (Wildman–Crippen MR) is 109 cm³/mol. The smallest absolute Gasteiger partial charge is 0.256 e. The Balaban J connectivity index is 1.38. The lowest BCUT2D eigenvalue weighted by molar-refractivity contribution is -0.142. The van der Waals surface area contributed by atoms with Crippen molar-refractivity contribution < 1.29 is 14.7 Å². The molecule has 6 nitrogen and oxygen atoms in total. The van der Waals surface area contributed by atoms with Crippen LogP contribution in [0.5, 0.6) is 0 Å². The lowest BCUT2D eigenvalue weighted by Gasteiger charge is -2.35. The number of carbonyl (C=O) groups is 2. The largest absolute Gasteiger partial charge is 0.378 e. The normalized spacial score (nSPS) is 20.2. The Labute approximate surface area is 168 Å². The van der Waals surface area contributed by atoms with Gasteiger partial charge in [-0.3, -0.25) is 9.59 Å². The van der Waals surface area contributed by atoms with Gasteiger partial charge in [-0.25, -0.2) is 0 Å². The summed E-state index contributed by atoms with van der Waals surface area (Å²) in [4.78, 5) is 31.1. The highest BCUT2D eigenvalue weighted by molar-refractivity contribution is 5.82.